The highest BCUT2D eigenvalue weighted by molar-refractivity contribution is 5.06. The van der Waals surface area contributed by atoms with E-state index in [0.29, 0.717) is 11.7 Å². The molecule has 2 N–H and O–H groups in total. The molecular weight excluding hydrogens is 178 g/mol. The number of nitrogens with two attached hydrogens (primary N) is 1. The Labute approximate surface area is 83.9 Å². The lowest BCUT2D eigenvalue weighted by Crippen LogP contribution is -2.47. The molecule has 2 atom stereocenters. The summed E-state index contributed by atoms with van der Waals surface area (Å²) >= 11 is 0. The Morgan fingerprint density at radius 1 is 1.64 bits per heavy atom. The second kappa shape index (κ2) is 3.69. The minimum atomic E-state index is -0.347. The second-order valence-corrected chi connectivity index (χ2v) is 4.15. The van der Waals surface area contributed by atoms with Gasteiger partial charge in [-0.1, -0.05) is 31.3 Å². The maximum Gasteiger partial charge on any atom is 0.213 e. The van der Waals surface area contributed by atoms with Gasteiger partial charge in [0.15, 0.2) is 5.82 Å². The maximum atomic E-state index is 6.39. The molecule has 1 fully saturated rings. The molecule has 0 amide bonds. The van der Waals surface area contributed by atoms with Crippen LogP contribution >= 0.6 is 0 Å². The molecule has 0 spiro atoms. The molecule has 2 unspecified atom stereocenters. The summed E-state index contributed by atoms with van der Waals surface area (Å²) in [6.45, 7) is 2.18. The van der Waals surface area contributed by atoms with Gasteiger partial charge in [-0.2, -0.15) is 4.98 Å². The molecule has 1 aromatic heterocycles. The van der Waals surface area contributed by atoms with Gasteiger partial charge in [0, 0.05) is 0 Å². The average Bonchev–Trinajstić information content (AvgIpc) is 2.72. The van der Waals surface area contributed by atoms with Crippen molar-refractivity contribution in [2.75, 3.05) is 0 Å². The average molecular weight is 195 g/mol. The number of aromatic nitrogens is 2. The smallest absolute Gasteiger partial charge is 0.213 e. The summed E-state index contributed by atoms with van der Waals surface area (Å²) in [4.78, 5) is 4.11. The summed E-state index contributed by atoms with van der Waals surface area (Å²) < 4.78 is 4.78. The third-order valence-corrected chi connectivity index (χ3v) is 3.39. The van der Waals surface area contributed by atoms with E-state index in [1.165, 1.54) is 25.7 Å². The van der Waals surface area contributed by atoms with E-state index < -0.39 is 0 Å². The maximum absolute atomic E-state index is 6.39. The minimum Gasteiger partial charge on any atom is -0.343 e. The van der Waals surface area contributed by atoms with E-state index >= 15 is 0 Å². The Kier molecular flexibility index (Phi) is 2.54. The van der Waals surface area contributed by atoms with Crippen LogP contribution in [0.1, 0.15) is 44.9 Å². The van der Waals surface area contributed by atoms with E-state index in [2.05, 4.69) is 17.1 Å². The Bertz CT molecular complexity index is 286. The van der Waals surface area contributed by atoms with Crippen LogP contribution in [0.2, 0.25) is 0 Å². The Hall–Kier alpha value is -0.900. The van der Waals surface area contributed by atoms with Crippen molar-refractivity contribution >= 4 is 0 Å². The van der Waals surface area contributed by atoms with Gasteiger partial charge in [-0.05, 0) is 18.8 Å². The second-order valence-electron chi connectivity index (χ2n) is 4.15. The molecule has 1 saturated carbocycles. The van der Waals surface area contributed by atoms with Crippen molar-refractivity contribution in [3.05, 3.63) is 12.2 Å². The number of hydrogen-bond acceptors (Lipinski definition) is 4. The fourth-order valence-electron chi connectivity index (χ4n) is 2.51. The molecule has 1 aromatic rings. The molecule has 78 valence electrons. The normalized spacial score (nSPS) is 33.1. The Balaban J connectivity index is 2.27. The van der Waals surface area contributed by atoms with E-state index in [1.807, 2.05) is 0 Å². The fraction of sp³-hybridized carbons (Fsp3) is 0.800. The molecule has 1 aliphatic carbocycles. The van der Waals surface area contributed by atoms with Crippen LogP contribution < -0.4 is 5.73 Å². The summed E-state index contributed by atoms with van der Waals surface area (Å²) in [5.74, 6) is 1.18. The SMILES string of the molecule is CCC1CCCCC1(N)c1ncon1. The van der Waals surface area contributed by atoms with Crippen molar-refractivity contribution in [2.24, 2.45) is 11.7 Å². The van der Waals surface area contributed by atoms with E-state index in [4.69, 9.17) is 10.3 Å². The molecule has 14 heavy (non-hydrogen) atoms. The van der Waals surface area contributed by atoms with Gasteiger partial charge in [-0.3, -0.25) is 0 Å². The van der Waals surface area contributed by atoms with Crippen molar-refractivity contribution in [1.29, 1.82) is 0 Å². The third kappa shape index (κ3) is 1.43. The topological polar surface area (TPSA) is 64.9 Å². The van der Waals surface area contributed by atoms with Gasteiger partial charge in [-0.15, -0.1) is 0 Å². The van der Waals surface area contributed by atoms with Gasteiger partial charge < -0.3 is 10.3 Å². The van der Waals surface area contributed by atoms with Crippen molar-refractivity contribution in [3.63, 3.8) is 0 Å². The quantitative estimate of drug-likeness (QED) is 0.781. The van der Waals surface area contributed by atoms with Gasteiger partial charge in [0.1, 0.15) is 0 Å². The van der Waals surface area contributed by atoms with Gasteiger partial charge in [0.25, 0.3) is 0 Å². The lowest BCUT2D eigenvalue weighted by molar-refractivity contribution is 0.169. The van der Waals surface area contributed by atoms with Crippen molar-refractivity contribution in [2.45, 2.75) is 44.6 Å². The summed E-state index contributed by atoms with van der Waals surface area (Å²) in [5, 5.41) is 3.90. The highest BCUT2D eigenvalue weighted by atomic mass is 16.5. The Morgan fingerprint density at radius 2 is 2.50 bits per heavy atom. The van der Waals surface area contributed by atoms with Crippen molar-refractivity contribution in [1.82, 2.24) is 10.1 Å². The molecule has 0 radical (unpaired) electrons. The molecule has 1 heterocycles. The largest absolute Gasteiger partial charge is 0.343 e. The van der Waals surface area contributed by atoms with Gasteiger partial charge in [0.2, 0.25) is 6.39 Å². The highest BCUT2D eigenvalue weighted by Gasteiger charge is 2.40. The fourth-order valence-corrected chi connectivity index (χ4v) is 2.51. The van der Waals surface area contributed by atoms with Crippen LogP contribution in [-0.2, 0) is 5.54 Å². The third-order valence-electron chi connectivity index (χ3n) is 3.39. The van der Waals surface area contributed by atoms with Crippen LogP contribution in [0.4, 0.5) is 0 Å². The zero-order valence-electron chi connectivity index (χ0n) is 8.57. The zero-order chi connectivity index (χ0) is 10.0. The van der Waals surface area contributed by atoms with Crippen molar-refractivity contribution < 1.29 is 4.52 Å². The lowest BCUT2D eigenvalue weighted by Gasteiger charge is -2.38. The predicted molar refractivity (Wildman–Crippen MR) is 52.4 cm³/mol. The highest BCUT2D eigenvalue weighted by Crippen LogP contribution is 2.39. The van der Waals surface area contributed by atoms with E-state index in [-0.39, 0.29) is 5.54 Å². The van der Waals surface area contributed by atoms with Crippen LogP contribution in [0, 0.1) is 5.92 Å². The van der Waals surface area contributed by atoms with Crippen LogP contribution in [0.25, 0.3) is 0 Å². The number of rotatable bonds is 2. The predicted octanol–water partition coefficient (Wildman–Crippen LogP) is 1.82. The molecule has 0 bridgehead atoms. The van der Waals surface area contributed by atoms with E-state index in [0.717, 1.165) is 12.8 Å². The van der Waals surface area contributed by atoms with Gasteiger partial charge in [-0.25, -0.2) is 0 Å². The molecular formula is C10H17N3O. The Morgan fingerprint density at radius 3 is 3.14 bits per heavy atom. The molecule has 4 heteroatoms. The summed E-state index contributed by atoms with van der Waals surface area (Å²) in [7, 11) is 0. The summed E-state index contributed by atoms with van der Waals surface area (Å²) in [6, 6.07) is 0. The monoisotopic (exact) mass is 195 g/mol. The van der Waals surface area contributed by atoms with Crippen molar-refractivity contribution in [3.8, 4) is 0 Å². The van der Waals surface area contributed by atoms with Gasteiger partial charge in [0.05, 0.1) is 5.54 Å². The first kappa shape index (κ1) is 9.65. The number of nitrogens with zero attached hydrogens (tertiary/aromatic N) is 2. The number of hydrogen-bond donors (Lipinski definition) is 1. The first-order valence-corrected chi connectivity index (χ1v) is 5.33. The molecule has 0 aliphatic heterocycles. The molecule has 1 aliphatic rings. The van der Waals surface area contributed by atoms with Crippen LogP contribution in [0.5, 0.6) is 0 Å². The van der Waals surface area contributed by atoms with Crippen LogP contribution in [0.15, 0.2) is 10.9 Å². The summed E-state index contributed by atoms with van der Waals surface area (Å²) in [6.07, 6.45) is 7.06. The lowest BCUT2D eigenvalue weighted by atomic mass is 9.71. The van der Waals surface area contributed by atoms with Crippen LogP contribution in [0.3, 0.4) is 0 Å². The first-order valence-electron chi connectivity index (χ1n) is 5.33. The summed E-state index contributed by atoms with van der Waals surface area (Å²) in [5.41, 5.74) is 6.05. The molecule has 4 nitrogen and oxygen atoms in total. The van der Waals surface area contributed by atoms with Gasteiger partial charge >= 0.3 is 0 Å². The minimum absolute atomic E-state index is 0.347. The van der Waals surface area contributed by atoms with E-state index in [9.17, 15) is 0 Å². The molecule has 0 aromatic carbocycles. The van der Waals surface area contributed by atoms with E-state index in [1.54, 1.807) is 0 Å². The zero-order valence-corrected chi connectivity index (χ0v) is 8.57. The van der Waals surface area contributed by atoms with Crippen LogP contribution in [-0.4, -0.2) is 10.1 Å². The molecule has 0 saturated heterocycles. The molecule has 2 rings (SSSR count). The first-order chi connectivity index (χ1) is 6.77. The standard InChI is InChI=1S/C10H17N3O/c1-2-8-5-3-4-6-10(8,11)9-12-7-14-13-9/h7-8H,2-6,11H2,1H3.